The number of para-hydroxylation sites is 1. The van der Waals surface area contributed by atoms with Crippen molar-refractivity contribution in [2.24, 2.45) is 0 Å². The average Bonchev–Trinajstić information content (AvgIpc) is 2.40. The van der Waals surface area contributed by atoms with Gasteiger partial charge in [-0.2, -0.15) is 0 Å². The van der Waals surface area contributed by atoms with E-state index >= 15 is 0 Å². The minimum atomic E-state index is -0.398. The molecule has 0 bridgehead atoms. The third kappa shape index (κ3) is 2.14. The third-order valence-electron chi connectivity index (χ3n) is 3.16. The van der Waals surface area contributed by atoms with E-state index in [-0.39, 0.29) is 18.2 Å². The zero-order valence-electron chi connectivity index (χ0n) is 10.3. The Morgan fingerprint density at radius 2 is 2.28 bits per heavy atom. The van der Waals surface area contributed by atoms with E-state index in [1.54, 1.807) is 18.0 Å². The van der Waals surface area contributed by atoms with Gasteiger partial charge in [0.1, 0.15) is 0 Å². The first-order valence-electron chi connectivity index (χ1n) is 5.89. The lowest BCUT2D eigenvalue weighted by molar-refractivity contribution is -0.127. The van der Waals surface area contributed by atoms with Gasteiger partial charge in [0, 0.05) is 25.7 Å². The van der Waals surface area contributed by atoms with Crippen molar-refractivity contribution in [2.45, 2.75) is 12.3 Å². The summed E-state index contributed by atoms with van der Waals surface area (Å²) in [5.41, 5.74) is 1.72. The lowest BCUT2D eigenvalue weighted by Crippen LogP contribution is -2.39. The molecule has 18 heavy (non-hydrogen) atoms. The Morgan fingerprint density at radius 3 is 3.00 bits per heavy atom. The van der Waals surface area contributed by atoms with Crippen LogP contribution in [0.15, 0.2) is 36.9 Å². The van der Waals surface area contributed by atoms with Crippen molar-refractivity contribution >= 4 is 17.5 Å². The summed E-state index contributed by atoms with van der Waals surface area (Å²) in [4.78, 5) is 25.5. The Morgan fingerprint density at radius 1 is 1.56 bits per heavy atom. The summed E-state index contributed by atoms with van der Waals surface area (Å²) in [5.74, 6) is -0.555. The van der Waals surface area contributed by atoms with Gasteiger partial charge < -0.3 is 10.2 Å². The van der Waals surface area contributed by atoms with Gasteiger partial charge in [0.15, 0.2) is 0 Å². The highest BCUT2D eigenvalue weighted by Crippen LogP contribution is 2.34. The molecule has 0 saturated carbocycles. The smallest absolute Gasteiger partial charge is 0.228 e. The second-order valence-corrected chi connectivity index (χ2v) is 4.30. The summed E-state index contributed by atoms with van der Waals surface area (Å²) in [5, 5.41) is 2.75. The topological polar surface area (TPSA) is 49.4 Å². The van der Waals surface area contributed by atoms with Crippen LogP contribution in [0.2, 0.25) is 0 Å². The van der Waals surface area contributed by atoms with Gasteiger partial charge in [-0.1, -0.05) is 24.3 Å². The van der Waals surface area contributed by atoms with Crippen LogP contribution >= 0.6 is 0 Å². The Hall–Kier alpha value is -2.10. The molecule has 1 unspecified atom stereocenters. The number of nitrogens with one attached hydrogen (secondary N) is 1. The van der Waals surface area contributed by atoms with E-state index in [2.05, 4.69) is 11.9 Å². The van der Waals surface area contributed by atoms with E-state index in [9.17, 15) is 9.59 Å². The summed E-state index contributed by atoms with van der Waals surface area (Å²) in [6, 6.07) is 7.51. The van der Waals surface area contributed by atoms with Crippen LogP contribution in [0.25, 0.3) is 0 Å². The van der Waals surface area contributed by atoms with Gasteiger partial charge in [-0.3, -0.25) is 9.59 Å². The predicted molar refractivity (Wildman–Crippen MR) is 70.4 cm³/mol. The molecule has 1 aromatic carbocycles. The number of fused-ring (bicyclic) bond motifs is 1. The van der Waals surface area contributed by atoms with Crippen LogP contribution in [-0.2, 0) is 9.59 Å². The van der Waals surface area contributed by atoms with Crippen molar-refractivity contribution in [2.75, 3.05) is 18.5 Å². The summed E-state index contributed by atoms with van der Waals surface area (Å²) < 4.78 is 0. The molecule has 94 valence electrons. The average molecular weight is 244 g/mol. The van der Waals surface area contributed by atoms with Crippen LogP contribution in [-0.4, -0.2) is 25.4 Å². The van der Waals surface area contributed by atoms with Crippen LogP contribution in [0.3, 0.4) is 0 Å². The fourth-order valence-corrected chi connectivity index (χ4v) is 2.17. The van der Waals surface area contributed by atoms with Gasteiger partial charge in [0.2, 0.25) is 11.8 Å². The fraction of sp³-hybridized carbons (Fsp3) is 0.286. The summed E-state index contributed by atoms with van der Waals surface area (Å²) in [6.45, 7) is 3.98. The number of amides is 2. The maximum Gasteiger partial charge on any atom is 0.228 e. The number of benzene rings is 1. The quantitative estimate of drug-likeness (QED) is 0.818. The standard InChI is InChI=1S/C14H16N2O2/c1-3-8-15-14(18)11-9-13(17)16(2)12-7-5-4-6-10(11)12/h3-7,11H,1,8-9H2,2H3,(H,15,18). The fourth-order valence-electron chi connectivity index (χ4n) is 2.17. The maximum atomic E-state index is 12.0. The number of rotatable bonds is 3. The van der Waals surface area contributed by atoms with Crippen molar-refractivity contribution in [1.29, 1.82) is 0 Å². The van der Waals surface area contributed by atoms with Gasteiger partial charge in [-0.05, 0) is 11.6 Å². The maximum absolute atomic E-state index is 12.0. The highest BCUT2D eigenvalue weighted by atomic mass is 16.2. The van der Waals surface area contributed by atoms with E-state index in [1.807, 2.05) is 24.3 Å². The van der Waals surface area contributed by atoms with Gasteiger partial charge in [0.25, 0.3) is 0 Å². The first-order valence-corrected chi connectivity index (χ1v) is 5.89. The number of anilines is 1. The molecule has 0 fully saturated rings. The van der Waals surface area contributed by atoms with Gasteiger partial charge >= 0.3 is 0 Å². The van der Waals surface area contributed by atoms with E-state index in [0.29, 0.717) is 6.54 Å². The molecule has 0 radical (unpaired) electrons. The summed E-state index contributed by atoms with van der Waals surface area (Å²) in [6.07, 6.45) is 1.84. The van der Waals surface area contributed by atoms with E-state index in [4.69, 9.17) is 0 Å². The molecule has 4 nitrogen and oxygen atoms in total. The zero-order chi connectivity index (χ0) is 13.1. The van der Waals surface area contributed by atoms with E-state index in [0.717, 1.165) is 11.3 Å². The summed E-state index contributed by atoms with van der Waals surface area (Å²) >= 11 is 0. The Kier molecular flexibility index (Phi) is 3.46. The van der Waals surface area contributed by atoms with Crippen LogP contribution in [0.5, 0.6) is 0 Å². The second-order valence-electron chi connectivity index (χ2n) is 4.30. The highest BCUT2D eigenvalue weighted by molar-refractivity contribution is 6.02. The molecule has 1 atom stereocenters. The Labute approximate surface area is 106 Å². The number of carbonyl (C=O) groups excluding carboxylic acids is 2. The first kappa shape index (κ1) is 12.4. The molecule has 0 aromatic heterocycles. The molecule has 0 saturated heterocycles. The number of hydrogen-bond acceptors (Lipinski definition) is 2. The number of nitrogens with zero attached hydrogens (tertiary/aromatic N) is 1. The molecule has 1 aromatic rings. The molecule has 0 spiro atoms. The third-order valence-corrected chi connectivity index (χ3v) is 3.16. The van der Waals surface area contributed by atoms with E-state index in [1.165, 1.54) is 0 Å². The van der Waals surface area contributed by atoms with Crippen molar-refractivity contribution in [3.8, 4) is 0 Å². The minimum absolute atomic E-state index is 0.0348. The summed E-state index contributed by atoms with van der Waals surface area (Å²) in [7, 11) is 1.74. The Bertz CT molecular complexity index is 496. The molecule has 2 rings (SSSR count). The highest BCUT2D eigenvalue weighted by Gasteiger charge is 2.33. The normalized spacial score (nSPS) is 18.2. The Balaban J connectivity index is 2.32. The van der Waals surface area contributed by atoms with Crippen LogP contribution in [0.1, 0.15) is 17.9 Å². The van der Waals surface area contributed by atoms with E-state index < -0.39 is 5.92 Å². The first-order chi connectivity index (χ1) is 8.65. The zero-order valence-corrected chi connectivity index (χ0v) is 10.3. The molecule has 1 heterocycles. The molecule has 1 aliphatic rings. The molecule has 1 N–H and O–H groups in total. The number of hydrogen-bond donors (Lipinski definition) is 1. The van der Waals surface area contributed by atoms with Crippen molar-refractivity contribution in [3.05, 3.63) is 42.5 Å². The lowest BCUT2D eigenvalue weighted by Gasteiger charge is -2.30. The predicted octanol–water partition coefficient (Wildman–Crippen LogP) is 1.44. The second kappa shape index (κ2) is 5.04. The molecule has 4 heteroatoms. The molecular formula is C14H16N2O2. The van der Waals surface area contributed by atoms with Crippen LogP contribution in [0, 0.1) is 0 Å². The van der Waals surface area contributed by atoms with Crippen molar-refractivity contribution in [3.63, 3.8) is 0 Å². The minimum Gasteiger partial charge on any atom is -0.352 e. The van der Waals surface area contributed by atoms with Gasteiger partial charge in [-0.25, -0.2) is 0 Å². The van der Waals surface area contributed by atoms with Crippen LogP contribution < -0.4 is 10.2 Å². The number of carbonyl (C=O) groups is 2. The monoisotopic (exact) mass is 244 g/mol. The molecule has 1 aliphatic heterocycles. The van der Waals surface area contributed by atoms with Crippen LogP contribution in [0.4, 0.5) is 5.69 Å². The largest absolute Gasteiger partial charge is 0.352 e. The van der Waals surface area contributed by atoms with Crippen molar-refractivity contribution in [1.82, 2.24) is 5.32 Å². The SMILES string of the molecule is C=CCNC(=O)C1CC(=O)N(C)c2ccccc21. The lowest BCUT2D eigenvalue weighted by atomic mass is 9.89. The van der Waals surface area contributed by atoms with Crippen molar-refractivity contribution < 1.29 is 9.59 Å². The molecule has 0 aliphatic carbocycles. The molecular weight excluding hydrogens is 228 g/mol. The molecule has 2 amide bonds. The van der Waals surface area contributed by atoms with Gasteiger partial charge in [0.05, 0.1) is 5.92 Å². The van der Waals surface area contributed by atoms with Gasteiger partial charge in [-0.15, -0.1) is 6.58 Å².